The molecule has 188 valence electrons. The first-order valence-corrected chi connectivity index (χ1v) is 13.1. The maximum Gasteiger partial charge on any atom is 0.338 e. The highest BCUT2D eigenvalue weighted by molar-refractivity contribution is 5.90. The maximum absolute atomic E-state index is 12.0. The molecule has 0 unspecified atom stereocenters. The highest BCUT2D eigenvalue weighted by Gasteiger charge is 2.11. The predicted molar refractivity (Wildman–Crippen MR) is 140 cm³/mol. The van der Waals surface area contributed by atoms with Gasteiger partial charge < -0.3 is 14.2 Å². The lowest BCUT2D eigenvalue weighted by atomic mass is 10.1. The van der Waals surface area contributed by atoms with Gasteiger partial charge in [-0.15, -0.1) is 24.7 Å². The summed E-state index contributed by atoms with van der Waals surface area (Å²) in [4.78, 5) is 12.0. The summed E-state index contributed by atoms with van der Waals surface area (Å²) in [7, 11) is 1.38. The molecule has 0 bridgehead atoms. The van der Waals surface area contributed by atoms with E-state index in [1.807, 2.05) is 6.07 Å². The second-order valence-corrected chi connectivity index (χ2v) is 8.74. The quantitative estimate of drug-likeness (QED) is 0.105. The smallest absolute Gasteiger partial charge is 0.338 e. The fourth-order valence-corrected chi connectivity index (χ4v) is 3.78. The first-order valence-electron chi connectivity index (χ1n) is 13.1. The lowest BCUT2D eigenvalue weighted by molar-refractivity contribution is 0.0599. The number of hydrogen-bond donors (Lipinski definition) is 0. The molecule has 0 N–H and O–H groups in total. The molecule has 0 heterocycles. The van der Waals surface area contributed by atoms with Crippen LogP contribution in [-0.2, 0) is 4.74 Å². The van der Waals surface area contributed by atoms with Crippen molar-refractivity contribution in [2.45, 2.75) is 103 Å². The van der Waals surface area contributed by atoms with Crippen LogP contribution >= 0.6 is 0 Å². The van der Waals surface area contributed by atoms with E-state index >= 15 is 0 Å². The highest BCUT2D eigenvalue weighted by Crippen LogP contribution is 2.24. The van der Waals surface area contributed by atoms with E-state index < -0.39 is 0 Å². The van der Waals surface area contributed by atoms with Crippen LogP contribution < -0.4 is 9.47 Å². The minimum absolute atomic E-state index is 0.384. The standard InChI is InChI=1S/C30H44O4/c1-4-6-8-10-12-14-16-18-20-22-33-28-24-27(30(31)32-3)25-29(26-28)34-23-21-19-17-15-13-11-9-7-5-2/h1-2,24-26H,6-23H2,3H3. The fraction of sp³-hybridized carbons (Fsp3) is 0.633. The Balaban J connectivity index is 2.30. The minimum atomic E-state index is -0.384. The molecular formula is C30H44O4. The molecule has 0 aliphatic carbocycles. The van der Waals surface area contributed by atoms with Crippen LogP contribution in [0.2, 0.25) is 0 Å². The summed E-state index contributed by atoms with van der Waals surface area (Å²) in [6.45, 7) is 1.25. The lowest BCUT2D eigenvalue weighted by Crippen LogP contribution is -2.05. The summed E-state index contributed by atoms with van der Waals surface area (Å²) in [5.74, 6) is 6.30. The van der Waals surface area contributed by atoms with Crippen molar-refractivity contribution >= 4 is 5.97 Å². The van der Waals surface area contributed by atoms with Crippen LogP contribution in [0.1, 0.15) is 113 Å². The van der Waals surface area contributed by atoms with E-state index in [4.69, 9.17) is 27.1 Å². The molecule has 0 aliphatic heterocycles. The first-order chi connectivity index (χ1) is 16.7. The molecular weight excluding hydrogens is 424 g/mol. The van der Waals surface area contributed by atoms with Gasteiger partial charge in [0, 0.05) is 18.9 Å². The van der Waals surface area contributed by atoms with Gasteiger partial charge in [-0.1, -0.05) is 64.2 Å². The Kier molecular flexibility index (Phi) is 18.2. The Bertz CT molecular complexity index is 689. The zero-order valence-electron chi connectivity index (χ0n) is 21.2. The third-order valence-electron chi connectivity index (χ3n) is 5.77. The summed E-state index contributed by atoms with van der Waals surface area (Å²) in [6.07, 6.45) is 28.7. The van der Waals surface area contributed by atoms with Gasteiger partial charge in [-0.3, -0.25) is 0 Å². The molecule has 0 fully saturated rings. The van der Waals surface area contributed by atoms with Gasteiger partial charge in [0.2, 0.25) is 0 Å². The minimum Gasteiger partial charge on any atom is -0.493 e. The number of carbonyl (C=O) groups is 1. The summed E-state index contributed by atoms with van der Waals surface area (Å²) < 4.78 is 16.7. The molecule has 0 atom stereocenters. The number of rotatable bonds is 21. The third kappa shape index (κ3) is 15.3. The SMILES string of the molecule is C#CCCCCCCCCCOc1cc(OCCCCCCCCCC#C)cc(C(=O)OC)c1. The van der Waals surface area contributed by atoms with E-state index in [0.717, 1.165) is 51.4 Å². The van der Waals surface area contributed by atoms with E-state index in [9.17, 15) is 4.79 Å². The van der Waals surface area contributed by atoms with Crippen LogP contribution in [0, 0.1) is 24.7 Å². The topological polar surface area (TPSA) is 44.8 Å². The molecule has 4 nitrogen and oxygen atoms in total. The number of unbranched alkanes of at least 4 members (excludes halogenated alkanes) is 14. The number of carbonyl (C=O) groups excluding carboxylic acids is 1. The van der Waals surface area contributed by atoms with E-state index in [-0.39, 0.29) is 5.97 Å². The molecule has 0 aliphatic rings. The Morgan fingerprint density at radius 1 is 0.647 bits per heavy atom. The summed E-state index contributed by atoms with van der Waals surface area (Å²) in [5, 5.41) is 0. The van der Waals surface area contributed by atoms with Gasteiger partial charge in [-0.25, -0.2) is 4.79 Å². The van der Waals surface area contributed by atoms with Crippen LogP contribution in [-0.4, -0.2) is 26.3 Å². The zero-order valence-corrected chi connectivity index (χ0v) is 21.2. The van der Waals surface area contributed by atoms with Gasteiger partial charge in [0.15, 0.2) is 0 Å². The van der Waals surface area contributed by atoms with Gasteiger partial charge in [-0.2, -0.15) is 0 Å². The van der Waals surface area contributed by atoms with E-state index in [2.05, 4.69) is 11.8 Å². The first kappa shape index (κ1) is 29.4. The summed E-state index contributed by atoms with van der Waals surface area (Å²) in [6, 6.07) is 5.32. The third-order valence-corrected chi connectivity index (χ3v) is 5.77. The molecule has 0 amide bonds. The molecule has 1 aromatic rings. The molecule has 34 heavy (non-hydrogen) atoms. The molecule has 1 aromatic carbocycles. The molecule has 0 saturated carbocycles. The van der Waals surface area contributed by atoms with Gasteiger partial charge >= 0.3 is 5.97 Å². The van der Waals surface area contributed by atoms with Crippen molar-refractivity contribution in [1.29, 1.82) is 0 Å². The van der Waals surface area contributed by atoms with E-state index in [1.165, 1.54) is 58.5 Å². The maximum atomic E-state index is 12.0. The van der Waals surface area contributed by atoms with Crippen molar-refractivity contribution < 1.29 is 19.0 Å². The van der Waals surface area contributed by atoms with E-state index in [0.29, 0.717) is 30.3 Å². The van der Waals surface area contributed by atoms with Crippen molar-refractivity contribution in [3.8, 4) is 36.2 Å². The number of hydrogen-bond acceptors (Lipinski definition) is 4. The molecule has 0 saturated heterocycles. The van der Waals surface area contributed by atoms with Crippen molar-refractivity contribution in [2.75, 3.05) is 20.3 Å². The van der Waals surface area contributed by atoms with Crippen LogP contribution in [0.4, 0.5) is 0 Å². The Hall–Kier alpha value is -2.59. The van der Waals surface area contributed by atoms with Crippen LogP contribution in [0.3, 0.4) is 0 Å². The lowest BCUT2D eigenvalue weighted by Gasteiger charge is -2.12. The normalized spacial score (nSPS) is 10.3. The number of esters is 1. The summed E-state index contributed by atoms with van der Waals surface area (Å²) >= 11 is 0. The largest absolute Gasteiger partial charge is 0.493 e. The van der Waals surface area contributed by atoms with Crippen LogP contribution in [0.5, 0.6) is 11.5 Å². The van der Waals surface area contributed by atoms with Crippen LogP contribution in [0.15, 0.2) is 18.2 Å². The molecule has 4 heteroatoms. The predicted octanol–water partition coefficient (Wildman–Crippen LogP) is 7.74. The molecule has 0 radical (unpaired) electrons. The monoisotopic (exact) mass is 468 g/mol. The highest BCUT2D eigenvalue weighted by atomic mass is 16.5. The number of terminal acetylenes is 2. The number of benzene rings is 1. The second-order valence-electron chi connectivity index (χ2n) is 8.74. The van der Waals surface area contributed by atoms with Gasteiger partial charge in [-0.05, 0) is 37.8 Å². The van der Waals surface area contributed by atoms with Crippen molar-refractivity contribution in [1.82, 2.24) is 0 Å². The Labute approximate surface area is 208 Å². The molecule has 0 spiro atoms. The average molecular weight is 469 g/mol. The zero-order chi connectivity index (χ0) is 24.7. The fourth-order valence-electron chi connectivity index (χ4n) is 3.78. The van der Waals surface area contributed by atoms with Crippen molar-refractivity contribution in [2.24, 2.45) is 0 Å². The van der Waals surface area contributed by atoms with Crippen molar-refractivity contribution in [3.05, 3.63) is 23.8 Å². The molecule has 1 rings (SSSR count). The molecule has 0 aromatic heterocycles. The van der Waals surface area contributed by atoms with Gasteiger partial charge in [0.05, 0.1) is 25.9 Å². The van der Waals surface area contributed by atoms with Crippen molar-refractivity contribution in [3.63, 3.8) is 0 Å². The Morgan fingerprint density at radius 2 is 1.03 bits per heavy atom. The second kappa shape index (κ2) is 21.0. The number of ether oxygens (including phenoxy) is 3. The van der Waals surface area contributed by atoms with E-state index in [1.54, 1.807) is 12.1 Å². The number of methoxy groups -OCH3 is 1. The Morgan fingerprint density at radius 3 is 1.41 bits per heavy atom. The average Bonchev–Trinajstić information content (AvgIpc) is 2.85. The van der Waals surface area contributed by atoms with Crippen LogP contribution in [0.25, 0.3) is 0 Å². The van der Waals surface area contributed by atoms with Gasteiger partial charge in [0.25, 0.3) is 0 Å². The summed E-state index contributed by atoms with van der Waals surface area (Å²) in [5.41, 5.74) is 0.453. The van der Waals surface area contributed by atoms with Gasteiger partial charge in [0.1, 0.15) is 11.5 Å².